The zero-order valence-electron chi connectivity index (χ0n) is 16.1. The summed E-state index contributed by atoms with van der Waals surface area (Å²) in [4.78, 5) is 29.6. The first-order valence-electron chi connectivity index (χ1n) is 8.56. The van der Waals surface area contributed by atoms with Gasteiger partial charge in [0.05, 0.1) is 27.0 Å². The Balaban J connectivity index is 1.91. The van der Waals surface area contributed by atoms with E-state index < -0.39 is 11.4 Å². The highest BCUT2D eigenvalue weighted by atomic mass is 35.5. The van der Waals surface area contributed by atoms with Gasteiger partial charge < -0.3 is 14.2 Å². The number of aromatic nitrogens is 4. The van der Waals surface area contributed by atoms with E-state index in [1.165, 1.54) is 21.3 Å². The fourth-order valence-corrected chi connectivity index (χ4v) is 3.91. The first-order valence-corrected chi connectivity index (χ1v) is 9.75. The average Bonchev–Trinajstić information content (AvgIpc) is 3.18. The molecule has 0 saturated carbocycles. The normalized spacial score (nSPS) is 10.9. The Hall–Kier alpha value is -3.37. The second kappa shape index (κ2) is 7.81. The van der Waals surface area contributed by atoms with E-state index in [0.717, 1.165) is 20.4 Å². The average molecular weight is 447 g/mol. The Labute approximate surface area is 178 Å². The molecule has 11 heteroatoms. The van der Waals surface area contributed by atoms with Crippen molar-refractivity contribution >= 4 is 27.9 Å². The van der Waals surface area contributed by atoms with Crippen LogP contribution in [0.25, 0.3) is 21.2 Å². The summed E-state index contributed by atoms with van der Waals surface area (Å²) in [5, 5.41) is 5.29. The maximum absolute atomic E-state index is 13.0. The van der Waals surface area contributed by atoms with Gasteiger partial charge in [-0.05, 0) is 36.4 Å². The van der Waals surface area contributed by atoms with Crippen LogP contribution < -0.4 is 25.6 Å². The Morgan fingerprint density at radius 3 is 2.17 bits per heavy atom. The smallest absolute Gasteiger partial charge is 0.360 e. The maximum atomic E-state index is 13.0. The molecule has 0 saturated heterocycles. The van der Waals surface area contributed by atoms with Gasteiger partial charge >= 0.3 is 11.4 Å². The van der Waals surface area contributed by atoms with Gasteiger partial charge in [-0.2, -0.15) is 9.50 Å². The summed E-state index contributed by atoms with van der Waals surface area (Å²) in [5.74, 6) is 1.31. The third-order valence-corrected chi connectivity index (χ3v) is 5.52. The molecular weight excluding hydrogens is 432 g/mol. The molecule has 2 heterocycles. The molecule has 154 valence electrons. The topological polar surface area (TPSA) is 97.0 Å². The van der Waals surface area contributed by atoms with Crippen LogP contribution in [0, 0.1) is 0 Å². The molecular formula is C19H15ClN4O5S. The van der Waals surface area contributed by atoms with Crippen molar-refractivity contribution in [3.8, 4) is 33.5 Å². The van der Waals surface area contributed by atoms with Crippen LogP contribution in [-0.4, -0.2) is 40.5 Å². The molecule has 0 bridgehead atoms. The van der Waals surface area contributed by atoms with Crippen LogP contribution in [0.15, 0.2) is 46.0 Å². The van der Waals surface area contributed by atoms with Crippen molar-refractivity contribution in [1.82, 2.24) is 19.2 Å². The fourth-order valence-electron chi connectivity index (χ4n) is 2.92. The molecule has 0 aliphatic heterocycles. The van der Waals surface area contributed by atoms with Crippen LogP contribution in [-0.2, 0) is 0 Å². The van der Waals surface area contributed by atoms with Crippen LogP contribution in [0.5, 0.6) is 17.2 Å². The first-order chi connectivity index (χ1) is 14.5. The number of hydrogen-bond donors (Lipinski definition) is 0. The number of ether oxygens (including phenoxy) is 3. The molecule has 2 aromatic carbocycles. The molecule has 0 spiro atoms. The van der Waals surface area contributed by atoms with Crippen molar-refractivity contribution in [3.63, 3.8) is 0 Å². The van der Waals surface area contributed by atoms with Crippen molar-refractivity contribution < 1.29 is 14.2 Å². The number of fused-ring (bicyclic) bond motifs is 1. The minimum Gasteiger partial charge on any atom is -0.493 e. The highest BCUT2D eigenvalue weighted by molar-refractivity contribution is 7.19. The molecule has 9 nitrogen and oxygen atoms in total. The van der Waals surface area contributed by atoms with Gasteiger partial charge in [-0.15, -0.1) is 5.10 Å². The van der Waals surface area contributed by atoms with Gasteiger partial charge in [0.25, 0.3) is 0 Å². The molecule has 30 heavy (non-hydrogen) atoms. The second-order valence-electron chi connectivity index (χ2n) is 6.00. The number of rotatable bonds is 5. The van der Waals surface area contributed by atoms with Crippen molar-refractivity contribution in [2.45, 2.75) is 0 Å². The summed E-state index contributed by atoms with van der Waals surface area (Å²) in [6.45, 7) is 0. The third-order valence-electron chi connectivity index (χ3n) is 4.31. The van der Waals surface area contributed by atoms with Gasteiger partial charge in [-0.25, -0.2) is 14.2 Å². The minimum atomic E-state index is -0.706. The van der Waals surface area contributed by atoms with Crippen molar-refractivity contribution in [3.05, 3.63) is 62.4 Å². The SMILES string of the molecule is COc1cc(-c2nn3c(=O)n(-c4ccc(Cl)cc4)c(=O)nc3s2)cc(OC)c1OC. The zero-order valence-corrected chi connectivity index (χ0v) is 17.7. The number of halogens is 1. The van der Waals surface area contributed by atoms with Crippen LogP contribution >= 0.6 is 22.9 Å². The Bertz CT molecular complexity index is 1340. The highest BCUT2D eigenvalue weighted by Gasteiger charge is 2.19. The van der Waals surface area contributed by atoms with Crippen molar-refractivity contribution in [1.29, 1.82) is 0 Å². The quantitative estimate of drug-likeness (QED) is 0.465. The molecule has 0 radical (unpaired) electrons. The van der Waals surface area contributed by atoms with E-state index in [2.05, 4.69) is 10.1 Å². The van der Waals surface area contributed by atoms with Crippen LogP contribution in [0.2, 0.25) is 5.02 Å². The van der Waals surface area contributed by atoms with Gasteiger partial charge in [-0.1, -0.05) is 22.9 Å². The molecule has 0 aliphatic rings. The molecule has 2 aromatic heterocycles. The van der Waals surface area contributed by atoms with Gasteiger partial charge in [0.1, 0.15) is 5.01 Å². The lowest BCUT2D eigenvalue weighted by atomic mass is 10.2. The molecule has 0 aliphatic carbocycles. The third kappa shape index (κ3) is 3.29. The maximum Gasteiger partial charge on any atom is 0.360 e. The van der Waals surface area contributed by atoms with Crippen LogP contribution in [0.1, 0.15) is 0 Å². The summed E-state index contributed by atoms with van der Waals surface area (Å²) in [5.41, 5.74) is -0.381. The lowest BCUT2D eigenvalue weighted by Gasteiger charge is -2.13. The van der Waals surface area contributed by atoms with E-state index in [1.54, 1.807) is 36.4 Å². The first kappa shape index (κ1) is 19.9. The molecule has 0 unspecified atom stereocenters. The highest BCUT2D eigenvalue weighted by Crippen LogP contribution is 2.41. The molecule has 0 atom stereocenters. The van der Waals surface area contributed by atoms with E-state index in [9.17, 15) is 9.59 Å². The summed E-state index contributed by atoms with van der Waals surface area (Å²) >= 11 is 6.98. The van der Waals surface area contributed by atoms with E-state index in [1.807, 2.05) is 0 Å². The molecule has 0 fully saturated rings. The Morgan fingerprint density at radius 1 is 0.967 bits per heavy atom. The number of hydrogen-bond acceptors (Lipinski definition) is 8. The van der Waals surface area contributed by atoms with E-state index in [0.29, 0.717) is 38.5 Å². The van der Waals surface area contributed by atoms with E-state index in [4.69, 9.17) is 25.8 Å². The lowest BCUT2D eigenvalue weighted by Crippen LogP contribution is -2.37. The van der Waals surface area contributed by atoms with Crippen LogP contribution in [0.3, 0.4) is 0 Å². The van der Waals surface area contributed by atoms with E-state index >= 15 is 0 Å². The Kier molecular flexibility index (Phi) is 5.18. The largest absolute Gasteiger partial charge is 0.493 e. The fraction of sp³-hybridized carbons (Fsp3) is 0.158. The van der Waals surface area contributed by atoms with Crippen LogP contribution in [0.4, 0.5) is 0 Å². The standard InChI is InChI=1S/C19H15ClN4O5S/c1-27-13-8-10(9-14(28-2)15(13)29-3)16-22-24-18(30-16)21-17(25)23(19(24)26)12-6-4-11(20)5-7-12/h4-9H,1-3H3. The van der Waals surface area contributed by atoms with Gasteiger partial charge in [0, 0.05) is 10.6 Å². The monoisotopic (exact) mass is 446 g/mol. The number of benzene rings is 2. The van der Waals surface area contributed by atoms with Gasteiger partial charge in [-0.3, -0.25) is 0 Å². The van der Waals surface area contributed by atoms with Crippen molar-refractivity contribution in [2.24, 2.45) is 0 Å². The van der Waals surface area contributed by atoms with Gasteiger partial charge in [0.2, 0.25) is 10.7 Å². The predicted molar refractivity (Wildman–Crippen MR) is 113 cm³/mol. The number of nitrogens with zero attached hydrogens (tertiary/aromatic N) is 4. The number of methoxy groups -OCH3 is 3. The molecule has 0 N–H and O–H groups in total. The van der Waals surface area contributed by atoms with Gasteiger partial charge in [0.15, 0.2) is 11.5 Å². The minimum absolute atomic E-state index is 0.166. The Morgan fingerprint density at radius 2 is 1.60 bits per heavy atom. The van der Waals surface area contributed by atoms with E-state index in [-0.39, 0.29) is 4.96 Å². The molecule has 4 aromatic rings. The second-order valence-corrected chi connectivity index (χ2v) is 7.40. The summed E-state index contributed by atoms with van der Waals surface area (Å²) in [7, 11) is 4.51. The van der Waals surface area contributed by atoms with Crippen molar-refractivity contribution in [2.75, 3.05) is 21.3 Å². The predicted octanol–water partition coefficient (Wildman–Crippen LogP) is 2.65. The molecule has 4 rings (SSSR count). The summed E-state index contributed by atoms with van der Waals surface area (Å²) in [6.07, 6.45) is 0. The lowest BCUT2D eigenvalue weighted by molar-refractivity contribution is 0.324. The summed E-state index contributed by atoms with van der Waals surface area (Å²) < 4.78 is 18.1. The molecule has 0 amide bonds. The zero-order chi connectivity index (χ0) is 21.4. The summed E-state index contributed by atoms with van der Waals surface area (Å²) in [6, 6.07) is 9.70.